The molecule has 110 valence electrons. The van der Waals surface area contributed by atoms with Gasteiger partial charge in [0.05, 0.1) is 12.8 Å². The van der Waals surface area contributed by atoms with Crippen LogP contribution in [0.2, 0.25) is 0 Å². The lowest BCUT2D eigenvalue weighted by atomic mass is 10.1. The summed E-state index contributed by atoms with van der Waals surface area (Å²) in [7, 11) is 1.46. The standard InChI is InChI=1S/C17H13NO3S/c1-21-15-8-7-12(9-13(15)17(19)20)16-18-14(10-22-16)11-5-3-2-4-6-11/h2-10H,1H3,(H,19,20). The molecule has 0 radical (unpaired) electrons. The third-order valence-electron chi connectivity index (χ3n) is 3.25. The molecule has 0 aliphatic heterocycles. The minimum atomic E-state index is -1.02. The molecule has 22 heavy (non-hydrogen) atoms. The average Bonchev–Trinajstić information content (AvgIpc) is 3.05. The topological polar surface area (TPSA) is 59.4 Å². The minimum absolute atomic E-state index is 0.136. The fourth-order valence-corrected chi connectivity index (χ4v) is 2.98. The third kappa shape index (κ3) is 2.71. The van der Waals surface area contributed by atoms with Crippen LogP contribution < -0.4 is 4.74 Å². The molecule has 0 amide bonds. The number of carboxylic acid groups (broad SMARTS) is 1. The first kappa shape index (κ1) is 14.3. The molecule has 0 spiro atoms. The second-order valence-corrected chi connectivity index (χ2v) is 5.48. The highest BCUT2D eigenvalue weighted by Crippen LogP contribution is 2.31. The number of aromatic carboxylic acids is 1. The van der Waals surface area contributed by atoms with E-state index in [-0.39, 0.29) is 5.56 Å². The van der Waals surface area contributed by atoms with E-state index in [1.54, 1.807) is 12.1 Å². The molecule has 0 saturated carbocycles. The highest BCUT2D eigenvalue weighted by Gasteiger charge is 2.14. The van der Waals surface area contributed by atoms with E-state index in [0.717, 1.165) is 21.8 Å². The van der Waals surface area contributed by atoms with Crippen LogP contribution in [0.4, 0.5) is 0 Å². The van der Waals surface area contributed by atoms with E-state index in [1.807, 2.05) is 41.8 Å². The summed E-state index contributed by atoms with van der Waals surface area (Å²) < 4.78 is 5.07. The van der Waals surface area contributed by atoms with Crippen LogP contribution in [-0.2, 0) is 0 Å². The summed E-state index contributed by atoms with van der Waals surface area (Å²) in [6, 6.07) is 14.9. The number of ether oxygens (including phenoxy) is 1. The van der Waals surface area contributed by atoms with Gasteiger partial charge in [0.25, 0.3) is 0 Å². The van der Waals surface area contributed by atoms with Gasteiger partial charge in [0.2, 0.25) is 0 Å². The Morgan fingerprint density at radius 2 is 1.91 bits per heavy atom. The van der Waals surface area contributed by atoms with Gasteiger partial charge in [-0.1, -0.05) is 30.3 Å². The van der Waals surface area contributed by atoms with Crippen molar-refractivity contribution in [3.8, 4) is 27.6 Å². The zero-order chi connectivity index (χ0) is 15.5. The van der Waals surface area contributed by atoms with Crippen molar-refractivity contribution in [2.24, 2.45) is 0 Å². The Labute approximate surface area is 131 Å². The summed E-state index contributed by atoms with van der Waals surface area (Å²) in [4.78, 5) is 15.9. The summed E-state index contributed by atoms with van der Waals surface area (Å²) in [6.07, 6.45) is 0. The minimum Gasteiger partial charge on any atom is -0.496 e. The molecule has 5 heteroatoms. The number of carbonyl (C=O) groups is 1. The van der Waals surface area contributed by atoms with Gasteiger partial charge >= 0.3 is 5.97 Å². The first-order chi connectivity index (χ1) is 10.7. The van der Waals surface area contributed by atoms with Crippen LogP contribution in [0.5, 0.6) is 5.75 Å². The molecule has 0 aliphatic carbocycles. The molecule has 2 aromatic carbocycles. The lowest BCUT2D eigenvalue weighted by Gasteiger charge is -2.06. The maximum atomic E-state index is 11.3. The largest absolute Gasteiger partial charge is 0.496 e. The molecule has 3 rings (SSSR count). The van der Waals surface area contributed by atoms with E-state index in [2.05, 4.69) is 4.98 Å². The van der Waals surface area contributed by atoms with Gasteiger partial charge in [-0.25, -0.2) is 9.78 Å². The second-order valence-electron chi connectivity index (χ2n) is 4.62. The lowest BCUT2D eigenvalue weighted by Crippen LogP contribution is -2.00. The van der Waals surface area contributed by atoms with E-state index < -0.39 is 5.97 Å². The van der Waals surface area contributed by atoms with Crippen LogP contribution in [0, 0.1) is 0 Å². The number of nitrogens with zero attached hydrogens (tertiary/aromatic N) is 1. The smallest absolute Gasteiger partial charge is 0.339 e. The molecule has 0 bridgehead atoms. The van der Waals surface area contributed by atoms with Crippen LogP contribution in [-0.4, -0.2) is 23.2 Å². The zero-order valence-corrected chi connectivity index (χ0v) is 12.6. The number of hydrogen-bond acceptors (Lipinski definition) is 4. The van der Waals surface area contributed by atoms with Crippen LogP contribution in [0.3, 0.4) is 0 Å². The molecule has 1 N–H and O–H groups in total. The Hall–Kier alpha value is -2.66. The molecule has 0 atom stereocenters. The summed E-state index contributed by atoms with van der Waals surface area (Å²) >= 11 is 1.49. The van der Waals surface area contributed by atoms with Crippen LogP contribution in [0.25, 0.3) is 21.8 Å². The van der Waals surface area contributed by atoms with E-state index in [9.17, 15) is 9.90 Å². The second kappa shape index (κ2) is 5.99. The van der Waals surface area contributed by atoms with Gasteiger partial charge in [0.15, 0.2) is 0 Å². The fraction of sp³-hybridized carbons (Fsp3) is 0.0588. The number of hydrogen-bond donors (Lipinski definition) is 1. The van der Waals surface area contributed by atoms with Crippen LogP contribution in [0.1, 0.15) is 10.4 Å². The van der Waals surface area contributed by atoms with Gasteiger partial charge in [-0.3, -0.25) is 0 Å². The summed E-state index contributed by atoms with van der Waals surface area (Å²) in [5.74, 6) is -0.672. The molecule has 0 unspecified atom stereocenters. The Morgan fingerprint density at radius 1 is 1.14 bits per heavy atom. The fourth-order valence-electron chi connectivity index (χ4n) is 2.16. The number of carboxylic acids is 1. The lowest BCUT2D eigenvalue weighted by molar-refractivity contribution is 0.0693. The van der Waals surface area contributed by atoms with Crippen LogP contribution in [0.15, 0.2) is 53.9 Å². The van der Waals surface area contributed by atoms with Gasteiger partial charge < -0.3 is 9.84 Å². The maximum Gasteiger partial charge on any atom is 0.339 e. The SMILES string of the molecule is COc1ccc(-c2nc(-c3ccccc3)cs2)cc1C(=O)O. The van der Waals surface area contributed by atoms with Crippen LogP contribution >= 0.6 is 11.3 Å². The highest BCUT2D eigenvalue weighted by molar-refractivity contribution is 7.13. The number of aromatic nitrogens is 1. The molecule has 0 aliphatic rings. The summed E-state index contributed by atoms with van der Waals surface area (Å²) in [5, 5.41) is 12.0. The van der Waals surface area contributed by atoms with Crippen molar-refractivity contribution in [3.63, 3.8) is 0 Å². The van der Waals surface area contributed by atoms with Gasteiger partial charge in [0, 0.05) is 16.5 Å². The van der Waals surface area contributed by atoms with E-state index in [4.69, 9.17) is 4.74 Å². The summed E-state index contributed by atoms with van der Waals surface area (Å²) in [5.41, 5.74) is 2.83. The highest BCUT2D eigenvalue weighted by atomic mass is 32.1. The number of rotatable bonds is 4. The van der Waals surface area contributed by atoms with E-state index in [0.29, 0.717) is 5.75 Å². The number of thiazole rings is 1. The van der Waals surface area contributed by atoms with Gasteiger partial charge in [-0.15, -0.1) is 11.3 Å². The predicted octanol–water partition coefficient (Wildman–Crippen LogP) is 4.18. The van der Waals surface area contributed by atoms with Crippen molar-refractivity contribution >= 4 is 17.3 Å². The molecular formula is C17H13NO3S. The van der Waals surface area contributed by atoms with Crippen molar-refractivity contribution in [2.75, 3.05) is 7.11 Å². The first-order valence-electron chi connectivity index (χ1n) is 6.61. The average molecular weight is 311 g/mol. The van der Waals surface area contributed by atoms with E-state index >= 15 is 0 Å². The Balaban J connectivity index is 2.00. The molecule has 4 nitrogen and oxygen atoms in total. The summed E-state index contributed by atoms with van der Waals surface area (Å²) in [6.45, 7) is 0. The zero-order valence-electron chi connectivity index (χ0n) is 11.8. The molecule has 3 aromatic rings. The van der Waals surface area contributed by atoms with Crippen molar-refractivity contribution < 1.29 is 14.6 Å². The van der Waals surface area contributed by atoms with Gasteiger partial charge in [-0.2, -0.15) is 0 Å². The predicted molar refractivity (Wildman–Crippen MR) is 86.5 cm³/mol. The van der Waals surface area contributed by atoms with E-state index in [1.165, 1.54) is 18.4 Å². The normalized spacial score (nSPS) is 10.4. The van der Waals surface area contributed by atoms with Crippen molar-refractivity contribution in [1.82, 2.24) is 4.98 Å². The third-order valence-corrected chi connectivity index (χ3v) is 4.14. The van der Waals surface area contributed by atoms with Crippen molar-refractivity contribution in [2.45, 2.75) is 0 Å². The monoisotopic (exact) mass is 311 g/mol. The van der Waals surface area contributed by atoms with Gasteiger partial charge in [-0.05, 0) is 18.2 Å². The molecule has 1 aromatic heterocycles. The Morgan fingerprint density at radius 3 is 2.59 bits per heavy atom. The quantitative estimate of drug-likeness (QED) is 0.785. The Kier molecular flexibility index (Phi) is 3.89. The Bertz CT molecular complexity index is 812. The van der Waals surface area contributed by atoms with Gasteiger partial charge in [0.1, 0.15) is 16.3 Å². The maximum absolute atomic E-state index is 11.3. The first-order valence-corrected chi connectivity index (χ1v) is 7.49. The van der Waals surface area contributed by atoms with Crippen molar-refractivity contribution in [1.29, 1.82) is 0 Å². The molecule has 0 fully saturated rings. The molecule has 0 saturated heterocycles. The molecular weight excluding hydrogens is 298 g/mol. The number of methoxy groups -OCH3 is 1. The number of benzene rings is 2. The van der Waals surface area contributed by atoms with Crippen molar-refractivity contribution in [3.05, 3.63) is 59.5 Å². The molecule has 1 heterocycles.